The molecule has 104 valence electrons. The molecule has 5 unspecified atom stereocenters. The molecule has 3 aliphatic carbocycles. The summed E-state index contributed by atoms with van der Waals surface area (Å²) < 4.78 is 5.80. The molecule has 2 heteroatoms. The van der Waals surface area contributed by atoms with E-state index in [1.807, 2.05) is 0 Å². The third kappa shape index (κ3) is 2.12. The van der Waals surface area contributed by atoms with Gasteiger partial charge in [0.1, 0.15) is 0 Å². The second kappa shape index (κ2) is 4.79. The first-order valence-corrected chi connectivity index (χ1v) is 7.96. The van der Waals surface area contributed by atoms with E-state index in [0.717, 1.165) is 24.4 Å². The highest BCUT2D eigenvalue weighted by molar-refractivity contribution is 5.03. The fourth-order valence-electron chi connectivity index (χ4n) is 4.64. The van der Waals surface area contributed by atoms with Gasteiger partial charge in [-0.15, -0.1) is 0 Å². The first kappa shape index (κ1) is 12.9. The molecule has 5 atom stereocenters. The number of ether oxygens (including phenoxy) is 1. The van der Waals surface area contributed by atoms with Crippen molar-refractivity contribution in [1.82, 2.24) is 5.32 Å². The smallest absolute Gasteiger partial charge is 0.0655 e. The van der Waals surface area contributed by atoms with E-state index in [1.54, 1.807) is 0 Å². The summed E-state index contributed by atoms with van der Waals surface area (Å²) in [5.74, 6) is 3.10. The summed E-state index contributed by atoms with van der Waals surface area (Å²) in [4.78, 5) is 0. The number of rotatable bonds is 5. The Bertz CT molecular complexity index is 301. The second-order valence-corrected chi connectivity index (χ2v) is 7.40. The summed E-state index contributed by atoms with van der Waals surface area (Å²) in [7, 11) is 0. The van der Waals surface area contributed by atoms with E-state index in [1.165, 1.54) is 38.6 Å². The predicted molar refractivity (Wildman–Crippen MR) is 74.5 cm³/mol. The largest absolute Gasteiger partial charge is 0.378 e. The molecular formula is C16H29NO. The van der Waals surface area contributed by atoms with E-state index >= 15 is 0 Å². The standard InChI is InChI=1S/C16H29NO/c1-4-18-15-9-14(16(15,2)3)17-10-13-8-11-5-6-12(13)7-11/h11-15,17H,4-10H2,1-3H3. The molecule has 0 aromatic heterocycles. The number of fused-ring (bicyclic) bond motifs is 2. The Kier molecular flexibility index (Phi) is 3.44. The van der Waals surface area contributed by atoms with Gasteiger partial charge in [-0.25, -0.2) is 0 Å². The molecule has 0 aromatic carbocycles. The van der Waals surface area contributed by atoms with Crippen LogP contribution in [0.2, 0.25) is 0 Å². The van der Waals surface area contributed by atoms with E-state index in [9.17, 15) is 0 Å². The molecule has 0 radical (unpaired) electrons. The van der Waals surface area contributed by atoms with E-state index in [4.69, 9.17) is 4.74 Å². The van der Waals surface area contributed by atoms with Gasteiger partial charge in [-0.05, 0) is 56.9 Å². The number of nitrogens with one attached hydrogen (secondary N) is 1. The highest BCUT2D eigenvalue weighted by Crippen LogP contribution is 2.48. The molecule has 2 bridgehead atoms. The van der Waals surface area contributed by atoms with Gasteiger partial charge < -0.3 is 10.1 Å². The van der Waals surface area contributed by atoms with Crippen molar-refractivity contribution in [2.45, 2.75) is 65.0 Å². The van der Waals surface area contributed by atoms with Crippen LogP contribution in [0.5, 0.6) is 0 Å². The Labute approximate surface area is 112 Å². The molecule has 3 rings (SSSR count). The quantitative estimate of drug-likeness (QED) is 0.810. The summed E-state index contributed by atoms with van der Waals surface area (Å²) in [6, 6.07) is 0.674. The zero-order valence-corrected chi connectivity index (χ0v) is 12.2. The van der Waals surface area contributed by atoms with Crippen molar-refractivity contribution >= 4 is 0 Å². The van der Waals surface area contributed by atoms with E-state index in [-0.39, 0.29) is 0 Å². The van der Waals surface area contributed by atoms with Crippen molar-refractivity contribution in [2.75, 3.05) is 13.2 Å². The van der Waals surface area contributed by atoms with Crippen molar-refractivity contribution in [3.05, 3.63) is 0 Å². The summed E-state index contributed by atoms with van der Waals surface area (Å²) in [6.07, 6.45) is 7.73. The summed E-state index contributed by atoms with van der Waals surface area (Å²) in [5.41, 5.74) is 0.327. The zero-order valence-electron chi connectivity index (χ0n) is 12.2. The van der Waals surface area contributed by atoms with Gasteiger partial charge in [0.15, 0.2) is 0 Å². The van der Waals surface area contributed by atoms with Gasteiger partial charge in [-0.3, -0.25) is 0 Å². The van der Waals surface area contributed by atoms with E-state index in [2.05, 4.69) is 26.1 Å². The minimum absolute atomic E-state index is 0.327. The van der Waals surface area contributed by atoms with Gasteiger partial charge >= 0.3 is 0 Å². The monoisotopic (exact) mass is 251 g/mol. The van der Waals surface area contributed by atoms with Gasteiger partial charge in [0.05, 0.1) is 6.10 Å². The normalized spacial score (nSPS) is 45.2. The van der Waals surface area contributed by atoms with Crippen LogP contribution in [0.4, 0.5) is 0 Å². The average Bonchev–Trinajstić information content (AvgIpc) is 2.94. The molecular weight excluding hydrogens is 222 g/mol. The molecule has 0 spiro atoms. The van der Waals surface area contributed by atoms with Crippen LogP contribution in [0, 0.1) is 23.2 Å². The minimum atomic E-state index is 0.327. The lowest BCUT2D eigenvalue weighted by Crippen LogP contribution is -2.61. The Morgan fingerprint density at radius 2 is 2.00 bits per heavy atom. The van der Waals surface area contributed by atoms with Gasteiger partial charge in [-0.2, -0.15) is 0 Å². The fourth-order valence-corrected chi connectivity index (χ4v) is 4.64. The maximum absolute atomic E-state index is 5.80. The lowest BCUT2D eigenvalue weighted by Gasteiger charge is -2.52. The van der Waals surface area contributed by atoms with E-state index in [0.29, 0.717) is 17.6 Å². The molecule has 0 heterocycles. The Morgan fingerprint density at radius 1 is 1.17 bits per heavy atom. The van der Waals surface area contributed by atoms with Crippen LogP contribution in [-0.2, 0) is 4.74 Å². The van der Waals surface area contributed by atoms with Gasteiger partial charge in [0.25, 0.3) is 0 Å². The van der Waals surface area contributed by atoms with Crippen molar-refractivity contribution in [3.8, 4) is 0 Å². The molecule has 0 saturated heterocycles. The highest BCUT2D eigenvalue weighted by Gasteiger charge is 2.49. The van der Waals surface area contributed by atoms with Gasteiger partial charge in [-0.1, -0.05) is 20.3 Å². The number of hydrogen-bond donors (Lipinski definition) is 1. The molecule has 0 aromatic rings. The first-order valence-electron chi connectivity index (χ1n) is 7.96. The molecule has 0 aliphatic heterocycles. The topological polar surface area (TPSA) is 21.3 Å². The molecule has 3 fully saturated rings. The summed E-state index contributed by atoms with van der Waals surface area (Å²) in [6.45, 7) is 8.93. The van der Waals surface area contributed by atoms with Gasteiger partial charge in [0.2, 0.25) is 0 Å². The van der Waals surface area contributed by atoms with Crippen LogP contribution in [-0.4, -0.2) is 25.3 Å². The molecule has 3 aliphatic rings. The molecule has 1 N–H and O–H groups in total. The van der Waals surface area contributed by atoms with Crippen LogP contribution in [0.3, 0.4) is 0 Å². The molecule has 2 nitrogen and oxygen atoms in total. The number of hydrogen-bond acceptors (Lipinski definition) is 2. The van der Waals surface area contributed by atoms with E-state index < -0.39 is 0 Å². The summed E-state index contributed by atoms with van der Waals surface area (Å²) >= 11 is 0. The lowest BCUT2D eigenvalue weighted by molar-refractivity contribution is -0.114. The second-order valence-electron chi connectivity index (χ2n) is 7.40. The third-order valence-electron chi connectivity index (χ3n) is 6.06. The lowest BCUT2D eigenvalue weighted by atomic mass is 9.64. The Morgan fingerprint density at radius 3 is 2.56 bits per heavy atom. The molecule has 3 saturated carbocycles. The molecule has 0 amide bonds. The Hall–Kier alpha value is -0.0800. The Balaban J connectivity index is 1.45. The van der Waals surface area contributed by atoms with Gasteiger partial charge in [0, 0.05) is 18.1 Å². The fraction of sp³-hybridized carbons (Fsp3) is 1.00. The van der Waals surface area contributed by atoms with Crippen molar-refractivity contribution in [1.29, 1.82) is 0 Å². The zero-order chi connectivity index (χ0) is 12.8. The van der Waals surface area contributed by atoms with Crippen LogP contribution in [0.25, 0.3) is 0 Å². The van der Waals surface area contributed by atoms with Crippen molar-refractivity contribution in [3.63, 3.8) is 0 Å². The van der Waals surface area contributed by atoms with Crippen molar-refractivity contribution in [2.24, 2.45) is 23.2 Å². The van der Waals surface area contributed by atoms with Crippen LogP contribution in [0.15, 0.2) is 0 Å². The van der Waals surface area contributed by atoms with Crippen LogP contribution >= 0.6 is 0 Å². The summed E-state index contributed by atoms with van der Waals surface area (Å²) in [5, 5.41) is 3.84. The maximum atomic E-state index is 5.80. The van der Waals surface area contributed by atoms with Crippen LogP contribution in [0.1, 0.15) is 52.9 Å². The van der Waals surface area contributed by atoms with Crippen LogP contribution < -0.4 is 5.32 Å². The highest BCUT2D eigenvalue weighted by atomic mass is 16.5. The van der Waals surface area contributed by atoms with Crippen molar-refractivity contribution < 1.29 is 4.74 Å². The SMILES string of the molecule is CCOC1CC(NCC2CC3CCC2C3)C1(C)C. The predicted octanol–water partition coefficient (Wildman–Crippen LogP) is 3.22. The molecule has 18 heavy (non-hydrogen) atoms. The first-order chi connectivity index (χ1) is 8.61. The average molecular weight is 251 g/mol. The maximum Gasteiger partial charge on any atom is 0.0655 e. The minimum Gasteiger partial charge on any atom is -0.378 e. The third-order valence-corrected chi connectivity index (χ3v) is 6.06.